The minimum Gasteiger partial charge on any atom is -0.455 e. The first-order valence-corrected chi connectivity index (χ1v) is 17.1. The fourth-order valence-corrected chi connectivity index (χ4v) is 9.64. The van der Waals surface area contributed by atoms with E-state index in [4.69, 9.17) is 4.42 Å². The van der Waals surface area contributed by atoms with Crippen molar-refractivity contribution in [2.75, 3.05) is 0 Å². The van der Waals surface area contributed by atoms with Crippen LogP contribution in [0.1, 0.15) is 63.1 Å². The molecule has 49 heavy (non-hydrogen) atoms. The van der Waals surface area contributed by atoms with Crippen molar-refractivity contribution in [3.05, 3.63) is 190 Å². The van der Waals surface area contributed by atoms with E-state index >= 15 is 0 Å². The number of carbonyl (C=O) groups is 1. The van der Waals surface area contributed by atoms with Gasteiger partial charge in [-0.2, -0.15) is 0 Å². The Balaban J connectivity index is 1.17. The molecule has 7 aromatic carbocycles. The third-order valence-corrected chi connectivity index (χ3v) is 11.7. The predicted molar refractivity (Wildman–Crippen MR) is 197 cm³/mol. The highest BCUT2D eigenvalue weighted by atomic mass is 16.3. The van der Waals surface area contributed by atoms with Gasteiger partial charge in [0, 0.05) is 32.9 Å². The van der Waals surface area contributed by atoms with Gasteiger partial charge in [0.25, 0.3) is 0 Å². The Hall–Kier alpha value is -5.99. The molecule has 230 valence electrons. The summed E-state index contributed by atoms with van der Waals surface area (Å²) in [7, 11) is 0. The summed E-state index contributed by atoms with van der Waals surface area (Å²) in [6.07, 6.45) is 0. The summed E-state index contributed by atoms with van der Waals surface area (Å²) in [6, 6.07) is 51.6. The van der Waals surface area contributed by atoms with Crippen molar-refractivity contribution in [1.82, 2.24) is 0 Å². The van der Waals surface area contributed by atoms with E-state index in [2.05, 4.69) is 141 Å². The fraction of sp³-hybridized carbons (Fsp3) is 0.0851. The summed E-state index contributed by atoms with van der Waals surface area (Å²) in [5.74, 6) is 0.0532. The summed E-state index contributed by atoms with van der Waals surface area (Å²) in [4.78, 5) is 14.9. The molecule has 3 aliphatic rings. The molecule has 0 fully saturated rings. The quantitative estimate of drug-likeness (QED) is 0.179. The van der Waals surface area contributed by atoms with Gasteiger partial charge in [-0.05, 0) is 73.3 Å². The van der Waals surface area contributed by atoms with Crippen molar-refractivity contribution >= 4 is 27.7 Å². The molecule has 2 nitrogen and oxygen atoms in total. The highest BCUT2D eigenvalue weighted by Crippen LogP contribution is 2.64. The van der Waals surface area contributed by atoms with Gasteiger partial charge in [-0.1, -0.05) is 147 Å². The molecule has 0 bridgehead atoms. The lowest BCUT2D eigenvalue weighted by atomic mass is 9.70. The predicted octanol–water partition coefficient (Wildman–Crippen LogP) is 11.5. The maximum Gasteiger partial charge on any atom is 0.193 e. The van der Waals surface area contributed by atoms with Crippen LogP contribution in [0.3, 0.4) is 0 Å². The van der Waals surface area contributed by atoms with Crippen LogP contribution in [0.5, 0.6) is 0 Å². The Bertz CT molecular complexity index is 2770. The van der Waals surface area contributed by atoms with Gasteiger partial charge in [-0.3, -0.25) is 4.79 Å². The van der Waals surface area contributed by atoms with Crippen molar-refractivity contribution < 1.29 is 9.21 Å². The first kappa shape index (κ1) is 27.0. The van der Waals surface area contributed by atoms with E-state index in [9.17, 15) is 4.79 Å². The van der Waals surface area contributed by atoms with Crippen LogP contribution in [0.4, 0.5) is 0 Å². The van der Waals surface area contributed by atoms with Gasteiger partial charge >= 0.3 is 0 Å². The lowest BCUT2D eigenvalue weighted by Gasteiger charge is -2.30. The molecule has 2 heteroatoms. The van der Waals surface area contributed by atoms with E-state index in [0.29, 0.717) is 0 Å². The molecule has 1 aromatic heterocycles. The van der Waals surface area contributed by atoms with Crippen molar-refractivity contribution in [3.63, 3.8) is 0 Å². The molecule has 3 aliphatic carbocycles. The molecule has 1 spiro atoms. The fourth-order valence-electron chi connectivity index (χ4n) is 9.64. The van der Waals surface area contributed by atoms with Gasteiger partial charge in [0.15, 0.2) is 5.78 Å². The average Bonchev–Trinajstić information content (AvgIpc) is 3.83. The smallest absolute Gasteiger partial charge is 0.193 e. The maximum atomic E-state index is 14.9. The Labute approximate surface area is 284 Å². The van der Waals surface area contributed by atoms with E-state index in [0.717, 1.165) is 55.3 Å². The molecule has 0 N–H and O–H groups in total. The third kappa shape index (κ3) is 3.15. The van der Waals surface area contributed by atoms with Crippen LogP contribution < -0.4 is 0 Å². The molecule has 0 saturated carbocycles. The van der Waals surface area contributed by atoms with Crippen LogP contribution in [-0.2, 0) is 10.8 Å². The second kappa shape index (κ2) is 9.12. The number of rotatable bonds is 2. The van der Waals surface area contributed by atoms with Crippen molar-refractivity contribution in [1.29, 1.82) is 0 Å². The molecule has 8 aromatic rings. The monoisotopic (exact) mass is 626 g/mol. The van der Waals surface area contributed by atoms with Crippen molar-refractivity contribution in [3.8, 4) is 33.4 Å². The Morgan fingerprint density at radius 1 is 0.490 bits per heavy atom. The highest BCUT2D eigenvalue weighted by Gasteiger charge is 2.53. The second-order valence-electron chi connectivity index (χ2n) is 14.3. The minimum atomic E-state index is -0.580. The summed E-state index contributed by atoms with van der Waals surface area (Å²) >= 11 is 0. The number of carbonyl (C=O) groups excluding carboxylic acids is 1. The van der Waals surface area contributed by atoms with Crippen LogP contribution in [0, 0.1) is 0 Å². The number of hydrogen-bond donors (Lipinski definition) is 0. The van der Waals surface area contributed by atoms with E-state index in [1.807, 2.05) is 18.2 Å². The van der Waals surface area contributed by atoms with E-state index in [-0.39, 0.29) is 11.2 Å². The zero-order valence-electron chi connectivity index (χ0n) is 27.2. The molecule has 0 saturated heterocycles. The summed E-state index contributed by atoms with van der Waals surface area (Å²) in [6.45, 7) is 4.53. The van der Waals surface area contributed by atoms with Crippen LogP contribution in [0.2, 0.25) is 0 Å². The molecular weight excluding hydrogens is 597 g/mol. The van der Waals surface area contributed by atoms with Crippen molar-refractivity contribution in [2.24, 2.45) is 0 Å². The second-order valence-corrected chi connectivity index (χ2v) is 14.3. The van der Waals surface area contributed by atoms with Crippen LogP contribution in [-0.4, -0.2) is 5.78 Å². The van der Waals surface area contributed by atoms with Gasteiger partial charge in [0.2, 0.25) is 0 Å². The molecule has 1 heterocycles. The van der Waals surface area contributed by atoms with E-state index in [1.165, 1.54) is 44.5 Å². The molecule has 1 unspecified atom stereocenters. The normalized spacial score (nSPS) is 17.1. The first-order valence-electron chi connectivity index (χ1n) is 17.1. The number of benzene rings is 7. The summed E-state index contributed by atoms with van der Waals surface area (Å²) in [5, 5.41) is 2.25. The number of fused-ring (bicyclic) bond motifs is 17. The van der Waals surface area contributed by atoms with Crippen LogP contribution >= 0.6 is 0 Å². The molecule has 0 amide bonds. The standard InChI is InChI=1S/C47H30O2/c1-46(2)35-17-7-3-12-28(35)29-23-22-27(26-40(29)46)44(48)34-16-11-20-38-42(34)32-14-4-8-18-36(32)47(38)37-19-9-5-15-33(37)43-39(47)25-24-31-30-13-6-10-21-41(30)49-45(31)43/h3-26H,1-2H3. The molecular formula is C47H30O2. The lowest BCUT2D eigenvalue weighted by molar-refractivity contribution is 0.103. The molecule has 0 radical (unpaired) electrons. The van der Waals surface area contributed by atoms with E-state index < -0.39 is 5.41 Å². The number of para-hydroxylation sites is 1. The van der Waals surface area contributed by atoms with E-state index in [1.54, 1.807) is 0 Å². The van der Waals surface area contributed by atoms with Gasteiger partial charge in [0.1, 0.15) is 11.2 Å². The Morgan fingerprint density at radius 3 is 1.90 bits per heavy atom. The van der Waals surface area contributed by atoms with Gasteiger partial charge < -0.3 is 4.42 Å². The minimum absolute atomic E-state index is 0.0532. The highest BCUT2D eigenvalue weighted by molar-refractivity contribution is 6.17. The summed E-state index contributed by atoms with van der Waals surface area (Å²) in [5.41, 5.74) is 16.8. The average molecular weight is 627 g/mol. The zero-order valence-corrected chi connectivity index (χ0v) is 27.2. The van der Waals surface area contributed by atoms with Crippen LogP contribution in [0.25, 0.3) is 55.3 Å². The van der Waals surface area contributed by atoms with Gasteiger partial charge in [0.05, 0.1) is 5.41 Å². The SMILES string of the molecule is CC1(C)c2ccccc2-c2ccc(C(=O)c3cccc4c3-c3ccccc3C43c4ccccc4-c4c3ccc3c4oc4ccccc43)cc21. The largest absolute Gasteiger partial charge is 0.455 e. The number of hydrogen-bond acceptors (Lipinski definition) is 2. The number of furan rings is 1. The molecule has 1 atom stereocenters. The zero-order chi connectivity index (χ0) is 32.6. The number of ketones is 1. The summed E-state index contributed by atoms with van der Waals surface area (Å²) < 4.78 is 6.67. The first-order chi connectivity index (χ1) is 24.0. The Kier molecular flexibility index (Phi) is 5.03. The third-order valence-electron chi connectivity index (χ3n) is 11.7. The van der Waals surface area contributed by atoms with Gasteiger partial charge in [-0.25, -0.2) is 0 Å². The topological polar surface area (TPSA) is 30.2 Å². The van der Waals surface area contributed by atoms with Crippen molar-refractivity contribution in [2.45, 2.75) is 24.7 Å². The van der Waals surface area contributed by atoms with Crippen LogP contribution in [0.15, 0.2) is 150 Å². The van der Waals surface area contributed by atoms with Gasteiger partial charge in [-0.15, -0.1) is 0 Å². The maximum absolute atomic E-state index is 14.9. The Morgan fingerprint density at radius 2 is 1.10 bits per heavy atom. The molecule has 11 rings (SSSR count). The molecule has 0 aliphatic heterocycles. The lowest BCUT2D eigenvalue weighted by Crippen LogP contribution is -2.26.